The van der Waals surface area contributed by atoms with E-state index in [9.17, 15) is 4.79 Å². The highest BCUT2D eigenvalue weighted by molar-refractivity contribution is 5.89. The van der Waals surface area contributed by atoms with E-state index in [1.807, 2.05) is 24.3 Å². The maximum Gasteiger partial charge on any atom is 0.316 e. The number of ether oxygens (including phenoxy) is 2. The zero-order chi connectivity index (χ0) is 20.9. The molecule has 1 aromatic heterocycles. The van der Waals surface area contributed by atoms with Crippen molar-refractivity contribution in [2.45, 2.75) is 19.4 Å². The first kappa shape index (κ1) is 19.8. The number of carbonyl (C=O) groups is 1. The van der Waals surface area contributed by atoms with Crippen LogP contribution in [0.5, 0.6) is 11.5 Å². The molecule has 1 fully saturated rings. The van der Waals surface area contributed by atoms with Crippen LogP contribution in [0, 0.1) is 0 Å². The number of rotatable bonds is 7. The van der Waals surface area contributed by atoms with E-state index < -0.39 is 5.91 Å². The molecule has 156 valence electrons. The van der Waals surface area contributed by atoms with Gasteiger partial charge in [0, 0.05) is 36.4 Å². The van der Waals surface area contributed by atoms with E-state index in [0.29, 0.717) is 17.3 Å². The minimum atomic E-state index is -0.452. The lowest BCUT2D eigenvalue weighted by Crippen LogP contribution is -2.23. The monoisotopic (exact) mass is 408 g/mol. The lowest BCUT2D eigenvalue weighted by molar-refractivity contribution is 0.0906. The van der Waals surface area contributed by atoms with Gasteiger partial charge in [-0.2, -0.15) is 4.98 Å². The van der Waals surface area contributed by atoms with Gasteiger partial charge in [-0.1, -0.05) is 5.16 Å². The number of benzene rings is 2. The Hall–Kier alpha value is -3.55. The van der Waals surface area contributed by atoms with Crippen molar-refractivity contribution in [2.75, 3.05) is 32.2 Å². The van der Waals surface area contributed by atoms with Gasteiger partial charge in [-0.3, -0.25) is 4.79 Å². The van der Waals surface area contributed by atoms with Crippen molar-refractivity contribution in [3.8, 4) is 22.9 Å². The number of methoxy groups -OCH3 is 2. The molecule has 8 nitrogen and oxygen atoms in total. The Kier molecular flexibility index (Phi) is 5.83. The average Bonchev–Trinajstić information content (AvgIpc) is 3.50. The van der Waals surface area contributed by atoms with Crippen LogP contribution < -0.4 is 19.7 Å². The molecule has 1 aliphatic rings. The molecule has 30 heavy (non-hydrogen) atoms. The van der Waals surface area contributed by atoms with E-state index in [-0.39, 0.29) is 12.4 Å². The van der Waals surface area contributed by atoms with Crippen molar-refractivity contribution < 1.29 is 18.8 Å². The van der Waals surface area contributed by atoms with Crippen LogP contribution in [-0.2, 0) is 6.54 Å². The topological polar surface area (TPSA) is 89.7 Å². The summed E-state index contributed by atoms with van der Waals surface area (Å²) in [6.45, 7) is 2.41. The molecule has 1 N–H and O–H groups in total. The summed E-state index contributed by atoms with van der Waals surface area (Å²) in [5.41, 5.74) is 2.77. The largest absolute Gasteiger partial charge is 0.497 e. The maximum absolute atomic E-state index is 12.5. The fourth-order valence-electron chi connectivity index (χ4n) is 3.50. The number of carbonyl (C=O) groups excluding carboxylic acids is 1. The number of aromatic nitrogens is 2. The Morgan fingerprint density at radius 3 is 2.57 bits per heavy atom. The van der Waals surface area contributed by atoms with Gasteiger partial charge in [0.05, 0.1) is 14.2 Å². The van der Waals surface area contributed by atoms with Gasteiger partial charge in [-0.25, -0.2) is 0 Å². The van der Waals surface area contributed by atoms with Crippen LogP contribution in [0.3, 0.4) is 0 Å². The summed E-state index contributed by atoms with van der Waals surface area (Å²) in [7, 11) is 3.16. The third-order valence-electron chi connectivity index (χ3n) is 5.14. The Morgan fingerprint density at radius 2 is 1.87 bits per heavy atom. The third-order valence-corrected chi connectivity index (χ3v) is 5.14. The lowest BCUT2D eigenvalue weighted by atomic mass is 10.2. The number of amides is 1. The van der Waals surface area contributed by atoms with E-state index >= 15 is 0 Å². The van der Waals surface area contributed by atoms with Gasteiger partial charge in [-0.05, 0) is 55.3 Å². The van der Waals surface area contributed by atoms with E-state index in [0.717, 1.165) is 24.2 Å². The van der Waals surface area contributed by atoms with Crippen molar-refractivity contribution in [1.82, 2.24) is 15.5 Å². The summed E-state index contributed by atoms with van der Waals surface area (Å²) in [5.74, 6) is 1.17. The second-order valence-electron chi connectivity index (χ2n) is 7.02. The number of nitrogens with one attached hydrogen (secondary N) is 1. The van der Waals surface area contributed by atoms with Gasteiger partial charge in [0.1, 0.15) is 11.5 Å². The van der Waals surface area contributed by atoms with Crippen LogP contribution >= 0.6 is 0 Å². The number of nitrogens with zero attached hydrogens (tertiary/aromatic N) is 3. The Morgan fingerprint density at radius 1 is 1.10 bits per heavy atom. The second kappa shape index (κ2) is 8.86. The standard InChI is InChI=1S/C22H24N4O4/c1-28-18-9-10-19(29-2)16(13-18)14-23-21(27)22-24-20(25-30-22)15-5-7-17(8-6-15)26-11-3-4-12-26/h5-10,13H,3-4,11-12,14H2,1-2H3,(H,23,27). The molecular formula is C22H24N4O4. The predicted molar refractivity (Wildman–Crippen MR) is 112 cm³/mol. The van der Waals surface area contributed by atoms with Gasteiger partial charge in [0.25, 0.3) is 0 Å². The smallest absolute Gasteiger partial charge is 0.316 e. The van der Waals surface area contributed by atoms with Gasteiger partial charge < -0.3 is 24.2 Å². The SMILES string of the molecule is COc1ccc(OC)c(CNC(=O)c2nc(-c3ccc(N4CCCC4)cc3)no2)c1. The van der Waals surface area contributed by atoms with Gasteiger partial charge in [-0.15, -0.1) is 0 Å². The number of hydrogen-bond acceptors (Lipinski definition) is 7. The molecule has 0 atom stereocenters. The molecule has 1 aliphatic heterocycles. The molecular weight excluding hydrogens is 384 g/mol. The molecule has 0 radical (unpaired) electrons. The molecule has 2 heterocycles. The molecule has 0 saturated carbocycles. The van der Waals surface area contributed by atoms with Crippen LogP contribution in [-0.4, -0.2) is 43.4 Å². The normalized spacial score (nSPS) is 13.3. The maximum atomic E-state index is 12.5. The molecule has 8 heteroatoms. The van der Waals surface area contributed by atoms with Gasteiger partial charge >= 0.3 is 11.8 Å². The van der Waals surface area contributed by atoms with Crippen LogP contribution in [0.15, 0.2) is 47.0 Å². The second-order valence-corrected chi connectivity index (χ2v) is 7.02. The number of hydrogen-bond donors (Lipinski definition) is 1. The zero-order valence-electron chi connectivity index (χ0n) is 17.1. The van der Waals surface area contributed by atoms with E-state index in [2.05, 4.69) is 20.4 Å². The highest BCUT2D eigenvalue weighted by Gasteiger charge is 2.18. The summed E-state index contributed by atoms with van der Waals surface area (Å²) < 4.78 is 15.7. The molecule has 3 aromatic rings. The Bertz CT molecular complexity index is 1010. The first-order valence-electron chi connectivity index (χ1n) is 9.86. The predicted octanol–water partition coefficient (Wildman–Crippen LogP) is 3.28. The highest BCUT2D eigenvalue weighted by atomic mass is 16.5. The summed E-state index contributed by atoms with van der Waals surface area (Å²) in [4.78, 5) is 19.0. The van der Waals surface area contributed by atoms with Crippen LogP contribution in [0.1, 0.15) is 29.1 Å². The van der Waals surface area contributed by atoms with Crippen LogP contribution in [0.4, 0.5) is 5.69 Å². The molecule has 1 saturated heterocycles. The van der Waals surface area contributed by atoms with Crippen LogP contribution in [0.2, 0.25) is 0 Å². The molecule has 0 aliphatic carbocycles. The first-order chi connectivity index (χ1) is 14.7. The molecule has 2 aromatic carbocycles. The quantitative estimate of drug-likeness (QED) is 0.642. The fourth-order valence-corrected chi connectivity index (χ4v) is 3.50. The highest BCUT2D eigenvalue weighted by Crippen LogP contribution is 2.25. The van der Waals surface area contributed by atoms with Gasteiger partial charge in [0.15, 0.2) is 0 Å². The minimum Gasteiger partial charge on any atom is -0.497 e. The summed E-state index contributed by atoms with van der Waals surface area (Å²) in [6.07, 6.45) is 2.46. The first-order valence-corrected chi connectivity index (χ1v) is 9.86. The Labute approximate surface area is 174 Å². The summed E-state index contributed by atoms with van der Waals surface area (Å²) in [5, 5.41) is 6.72. The average molecular weight is 408 g/mol. The number of anilines is 1. The van der Waals surface area contributed by atoms with Crippen molar-refractivity contribution >= 4 is 11.6 Å². The van der Waals surface area contributed by atoms with E-state index in [4.69, 9.17) is 14.0 Å². The van der Waals surface area contributed by atoms with Crippen LogP contribution in [0.25, 0.3) is 11.4 Å². The molecule has 0 bridgehead atoms. The van der Waals surface area contributed by atoms with Crippen molar-refractivity contribution in [2.24, 2.45) is 0 Å². The zero-order valence-corrected chi connectivity index (χ0v) is 17.1. The van der Waals surface area contributed by atoms with Crippen molar-refractivity contribution in [3.63, 3.8) is 0 Å². The third kappa shape index (κ3) is 4.22. The summed E-state index contributed by atoms with van der Waals surface area (Å²) >= 11 is 0. The molecule has 0 unspecified atom stereocenters. The fraction of sp³-hybridized carbons (Fsp3) is 0.318. The van der Waals surface area contributed by atoms with Crippen molar-refractivity contribution in [1.29, 1.82) is 0 Å². The Balaban J connectivity index is 1.42. The van der Waals surface area contributed by atoms with E-state index in [1.165, 1.54) is 18.5 Å². The molecule has 1 amide bonds. The summed E-state index contributed by atoms with van der Waals surface area (Å²) in [6, 6.07) is 13.4. The van der Waals surface area contributed by atoms with Crippen molar-refractivity contribution in [3.05, 3.63) is 53.9 Å². The molecule has 4 rings (SSSR count). The molecule has 0 spiro atoms. The van der Waals surface area contributed by atoms with Gasteiger partial charge in [0.2, 0.25) is 5.82 Å². The minimum absolute atomic E-state index is 0.0875. The lowest BCUT2D eigenvalue weighted by Gasteiger charge is -2.17. The van der Waals surface area contributed by atoms with E-state index in [1.54, 1.807) is 32.4 Å².